The monoisotopic (exact) mass is 476 g/mol. The number of fused-ring (bicyclic) bond motifs is 5. The first-order valence-electron chi connectivity index (χ1n) is 12.2. The first kappa shape index (κ1) is 24.7. The number of hydrogen-bond donors (Lipinski definition) is 1. The van der Waals surface area contributed by atoms with E-state index in [0.29, 0.717) is 12.8 Å². The molecule has 182 valence electrons. The number of Topliss-reactive ketones (excluding diaryl/α,β-unsaturated/α-hetero) is 1. The third-order valence-electron chi connectivity index (χ3n) is 9.12. The molecule has 5 nitrogen and oxygen atoms in total. The highest BCUT2D eigenvalue weighted by Gasteiger charge is 2.65. The summed E-state index contributed by atoms with van der Waals surface area (Å²) in [6.07, 6.45) is 6.68. The van der Waals surface area contributed by atoms with E-state index < -0.39 is 16.9 Å². The van der Waals surface area contributed by atoms with Crippen LogP contribution in [-0.4, -0.2) is 40.7 Å². The van der Waals surface area contributed by atoms with E-state index in [4.69, 9.17) is 16.3 Å². The van der Waals surface area contributed by atoms with Crippen LogP contribution >= 0.6 is 11.6 Å². The molecule has 4 rings (SSSR count). The Hall–Kier alpha value is -1.46. The van der Waals surface area contributed by atoms with E-state index in [-0.39, 0.29) is 64.5 Å². The van der Waals surface area contributed by atoms with Gasteiger partial charge in [0.1, 0.15) is 6.61 Å². The molecule has 0 heterocycles. The molecule has 3 fully saturated rings. The number of ether oxygens (including phenoxy) is 1. The Kier molecular flexibility index (Phi) is 6.01. The summed E-state index contributed by atoms with van der Waals surface area (Å²) in [5.41, 5.74) is -0.589. The lowest BCUT2D eigenvalue weighted by atomic mass is 9.46. The minimum absolute atomic E-state index is 0.0408. The largest absolute Gasteiger partial charge is 0.457 e. The number of aliphatic hydroxyl groups excluding tert-OH is 1. The predicted molar refractivity (Wildman–Crippen MR) is 126 cm³/mol. The van der Waals surface area contributed by atoms with Crippen molar-refractivity contribution in [3.05, 3.63) is 23.8 Å². The Morgan fingerprint density at radius 3 is 2.55 bits per heavy atom. The Morgan fingerprint density at radius 2 is 1.91 bits per heavy atom. The molecule has 33 heavy (non-hydrogen) atoms. The third kappa shape index (κ3) is 3.83. The number of allylic oxidation sites excluding steroid dienone is 4. The van der Waals surface area contributed by atoms with Gasteiger partial charge < -0.3 is 9.84 Å². The van der Waals surface area contributed by atoms with Gasteiger partial charge in [-0.3, -0.25) is 14.4 Å². The molecule has 4 aliphatic rings. The number of alkyl halides is 1. The standard InChI is InChI=1S/C27H37ClO5/c1-14-9-17-16-11-19(28)18-10-15(29)7-8-26(18,5)23(16)20(30)12-27(17,6)22(14)21(31)13-33-24(32)25(2,3)4/h7-8,10,14,16-17,19-20,22-23,30H,9,11-13H2,1-6H3/t14-,16+,17+,19+,20+,22-,23-,26+,27+/m1/s1. The average molecular weight is 477 g/mol. The van der Waals surface area contributed by atoms with Gasteiger partial charge in [-0.1, -0.05) is 26.8 Å². The van der Waals surface area contributed by atoms with Crippen molar-refractivity contribution in [3.63, 3.8) is 0 Å². The van der Waals surface area contributed by atoms with E-state index in [0.717, 1.165) is 12.0 Å². The predicted octanol–water partition coefficient (Wildman–Crippen LogP) is 4.50. The highest BCUT2D eigenvalue weighted by Crippen LogP contribution is 2.67. The molecule has 0 aromatic rings. The Morgan fingerprint density at radius 1 is 1.24 bits per heavy atom. The van der Waals surface area contributed by atoms with Crippen molar-refractivity contribution in [1.29, 1.82) is 0 Å². The summed E-state index contributed by atoms with van der Waals surface area (Å²) in [7, 11) is 0. The van der Waals surface area contributed by atoms with Crippen LogP contribution in [0.3, 0.4) is 0 Å². The number of carbonyl (C=O) groups excluding carboxylic acids is 3. The minimum Gasteiger partial charge on any atom is -0.457 e. The summed E-state index contributed by atoms with van der Waals surface area (Å²) in [4.78, 5) is 37.6. The van der Waals surface area contributed by atoms with Gasteiger partial charge in [-0.15, -0.1) is 11.6 Å². The number of ketones is 2. The van der Waals surface area contributed by atoms with Crippen LogP contribution in [0.2, 0.25) is 0 Å². The molecule has 0 spiro atoms. The minimum atomic E-state index is -0.657. The number of hydrogen-bond acceptors (Lipinski definition) is 5. The van der Waals surface area contributed by atoms with Gasteiger partial charge in [-0.2, -0.15) is 0 Å². The SMILES string of the molecule is C[C@@H]1C[C@H]2[C@@H]3C[C@H](Cl)C4=CC(=O)C=C[C@]4(C)[C@H]3[C@@H](O)C[C@]2(C)[C@H]1C(=O)COC(=O)C(C)(C)C. The van der Waals surface area contributed by atoms with Gasteiger partial charge in [0.25, 0.3) is 0 Å². The van der Waals surface area contributed by atoms with Crippen LogP contribution in [0.25, 0.3) is 0 Å². The van der Waals surface area contributed by atoms with E-state index in [9.17, 15) is 19.5 Å². The molecule has 9 atom stereocenters. The second kappa shape index (κ2) is 8.05. The second-order valence-electron chi connectivity index (χ2n) is 12.4. The summed E-state index contributed by atoms with van der Waals surface area (Å²) in [5.74, 6) is -0.272. The van der Waals surface area contributed by atoms with Crippen LogP contribution in [0.4, 0.5) is 0 Å². The average Bonchev–Trinajstić information content (AvgIpc) is 2.96. The van der Waals surface area contributed by atoms with Crippen molar-refractivity contribution in [2.75, 3.05) is 6.61 Å². The maximum Gasteiger partial charge on any atom is 0.311 e. The van der Waals surface area contributed by atoms with Crippen LogP contribution in [0.5, 0.6) is 0 Å². The first-order chi connectivity index (χ1) is 15.2. The van der Waals surface area contributed by atoms with Gasteiger partial charge >= 0.3 is 5.97 Å². The number of esters is 1. The Balaban J connectivity index is 1.62. The van der Waals surface area contributed by atoms with Crippen LogP contribution < -0.4 is 0 Å². The molecule has 0 aliphatic heterocycles. The second-order valence-corrected chi connectivity index (χ2v) is 12.9. The van der Waals surface area contributed by atoms with Gasteiger partial charge in [0.15, 0.2) is 11.6 Å². The Labute approximate surface area is 202 Å². The zero-order chi connectivity index (χ0) is 24.5. The topological polar surface area (TPSA) is 80.7 Å². The molecule has 0 aromatic carbocycles. The maximum atomic E-state index is 13.4. The van der Waals surface area contributed by atoms with Gasteiger partial charge in [-0.05, 0) is 80.9 Å². The summed E-state index contributed by atoms with van der Waals surface area (Å²) >= 11 is 6.85. The quantitative estimate of drug-likeness (QED) is 0.479. The van der Waals surface area contributed by atoms with Crippen LogP contribution in [0.15, 0.2) is 23.8 Å². The van der Waals surface area contributed by atoms with Gasteiger partial charge in [0.05, 0.1) is 16.9 Å². The van der Waals surface area contributed by atoms with E-state index >= 15 is 0 Å². The first-order valence-corrected chi connectivity index (χ1v) is 12.6. The highest BCUT2D eigenvalue weighted by molar-refractivity contribution is 6.23. The fraction of sp³-hybridized carbons (Fsp3) is 0.741. The van der Waals surface area contributed by atoms with Crippen LogP contribution in [0, 0.1) is 45.8 Å². The van der Waals surface area contributed by atoms with Gasteiger partial charge in [0.2, 0.25) is 0 Å². The Bertz CT molecular complexity index is 929. The molecule has 0 radical (unpaired) electrons. The molecule has 0 bridgehead atoms. The fourth-order valence-corrected chi connectivity index (χ4v) is 8.33. The lowest BCUT2D eigenvalue weighted by Gasteiger charge is -2.59. The van der Waals surface area contributed by atoms with E-state index in [2.05, 4.69) is 20.8 Å². The van der Waals surface area contributed by atoms with E-state index in [1.54, 1.807) is 32.9 Å². The van der Waals surface area contributed by atoms with Crippen LogP contribution in [0.1, 0.15) is 60.8 Å². The van der Waals surface area contributed by atoms with E-state index in [1.807, 2.05) is 6.08 Å². The summed E-state index contributed by atoms with van der Waals surface area (Å²) < 4.78 is 5.38. The lowest BCUT2D eigenvalue weighted by molar-refractivity contribution is -0.160. The van der Waals surface area contributed by atoms with Crippen molar-refractivity contribution in [3.8, 4) is 0 Å². The molecule has 0 unspecified atom stereocenters. The normalized spacial score (nSPS) is 44.4. The molecule has 0 amide bonds. The third-order valence-corrected chi connectivity index (χ3v) is 9.53. The summed E-state index contributed by atoms with van der Waals surface area (Å²) in [6.45, 7) is 11.4. The summed E-state index contributed by atoms with van der Waals surface area (Å²) in [5, 5.41) is 11.2. The number of carbonyl (C=O) groups is 3. The number of aliphatic hydroxyl groups is 1. The molecule has 3 saturated carbocycles. The van der Waals surface area contributed by atoms with Crippen molar-refractivity contribution in [2.45, 2.75) is 72.3 Å². The van der Waals surface area contributed by atoms with Crippen LogP contribution in [-0.2, 0) is 19.1 Å². The lowest BCUT2D eigenvalue weighted by Crippen LogP contribution is -2.58. The van der Waals surface area contributed by atoms with Gasteiger partial charge in [-0.25, -0.2) is 0 Å². The highest BCUT2D eigenvalue weighted by atomic mass is 35.5. The smallest absolute Gasteiger partial charge is 0.311 e. The summed E-state index contributed by atoms with van der Waals surface area (Å²) in [6, 6.07) is 0. The fourth-order valence-electron chi connectivity index (χ4n) is 7.83. The molecule has 0 aromatic heterocycles. The molecule has 4 aliphatic carbocycles. The van der Waals surface area contributed by atoms with E-state index in [1.165, 1.54) is 0 Å². The molecule has 6 heteroatoms. The maximum absolute atomic E-state index is 13.4. The number of rotatable bonds is 3. The van der Waals surface area contributed by atoms with Crippen molar-refractivity contribution >= 4 is 29.1 Å². The van der Waals surface area contributed by atoms with Gasteiger partial charge in [0, 0.05) is 17.3 Å². The molecular weight excluding hydrogens is 440 g/mol. The zero-order valence-electron chi connectivity index (χ0n) is 20.6. The van der Waals surface area contributed by atoms with Crippen molar-refractivity contribution < 1.29 is 24.2 Å². The molecular formula is C27H37ClO5. The number of halogens is 1. The van der Waals surface area contributed by atoms with Crippen molar-refractivity contribution in [1.82, 2.24) is 0 Å². The zero-order valence-corrected chi connectivity index (χ0v) is 21.3. The molecule has 0 saturated heterocycles. The molecule has 1 N–H and O–H groups in total. The van der Waals surface area contributed by atoms with Crippen molar-refractivity contribution in [2.24, 2.45) is 45.8 Å².